The lowest BCUT2D eigenvalue weighted by molar-refractivity contribution is -0.129. The maximum Gasteiger partial charge on any atom is 0.243 e. The van der Waals surface area contributed by atoms with E-state index >= 15 is 0 Å². The van der Waals surface area contributed by atoms with Crippen molar-refractivity contribution in [3.8, 4) is 11.4 Å². The molecule has 0 N–H and O–H groups in total. The maximum absolute atomic E-state index is 13.2. The molecule has 0 saturated carbocycles. The van der Waals surface area contributed by atoms with E-state index in [9.17, 15) is 13.2 Å². The highest BCUT2D eigenvalue weighted by atomic mass is 32.2. The van der Waals surface area contributed by atoms with Gasteiger partial charge in [0.2, 0.25) is 15.9 Å². The summed E-state index contributed by atoms with van der Waals surface area (Å²) in [4.78, 5) is 14.8. The van der Waals surface area contributed by atoms with Gasteiger partial charge in [0.25, 0.3) is 0 Å². The van der Waals surface area contributed by atoms with Gasteiger partial charge >= 0.3 is 0 Å². The first-order valence-corrected chi connectivity index (χ1v) is 13.7. The zero-order chi connectivity index (χ0) is 24.4. The summed E-state index contributed by atoms with van der Waals surface area (Å²) in [5.41, 5.74) is 0.962. The van der Waals surface area contributed by atoms with Crippen LogP contribution in [0.2, 0.25) is 0 Å². The molecule has 3 aromatic carbocycles. The Kier molecular flexibility index (Phi) is 6.59. The van der Waals surface area contributed by atoms with Crippen LogP contribution in [0.15, 0.2) is 82.8 Å². The van der Waals surface area contributed by atoms with Gasteiger partial charge in [-0.15, -0.1) is 10.2 Å². The summed E-state index contributed by atoms with van der Waals surface area (Å²) in [6, 6.07) is 22.6. The molecule has 1 aliphatic heterocycles. The first kappa shape index (κ1) is 23.5. The quantitative estimate of drug-likeness (QED) is 0.372. The molecule has 0 bridgehead atoms. The minimum Gasteiger partial charge on any atom is -0.339 e. The molecule has 0 unspecified atom stereocenters. The number of hydrogen-bond acceptors (Lipinski definition) is 6. The van der Waals surface area contributed by atoms with Crippen LogP contribution >= 0.6 is 11.8 Å². The van der Waals surface area contributed by atoms with Gasteiger partial charge in [-0.25, -0.2) is 8.42 Å². The maximum atomic E-state index is 13.2. The van der Waals surface area contributed by atoms with Gasteiger partial charge in [0.15, 0.2) is 11.0 Å². The Morgan fingerprint density at radius 3 is 2.31 bits per heavy atom. The largest absolute Gasteiger partial charge is 0.339 e. The molecule has 1 aliphatic rings. The first-order valence-electron chi connectivity index (χ1n) is 11.3. The molecule has 180 valence electrons. The SMILES string of the molecule is Cn1c(SCC(=O)N2CCN(S(=O)(=O)c3ccc4ccccc4c3)CC2)nnc1-c1ccccc1. The summed E-state index contributed by atoms with van der Waals surface area (Å²) in [5, 5.41) is 11.0. The predicted octanol–water partition coefficient (Wildman–Crippen LogP) is 3.26. The van der Waals surface area contributed by atoms with Gasteiger partial charge in [0.1, 0.15) is 0 Å². The van der Waals surface area contributed by atoms with E-state index in [1.165, 1.54) is 16.1 Å². The van der Waals surface area contributed by atoms with E-state index in [0.29, 0.717) is 18.2 Å². The highest BCUT2D eigenvalue weighted by Crippen LogP contribution is 2.25. The fourth-order valence-electron chi connectivity index (χ4n) is 4.15. The minimum absolute atomic E-state index is 0.0398. The molecule has 2 heterocycles. The Morgan fingerprint density at radius 2 is 1.57 bits per heavy atom. The molecule has 1 aromatic heterocycles. The van der Waals surface area contributed by atoms with Gasteiger partial charge < -0.3 is 9.47 Å². The van der Waals surface area contributed by atoms with E-state index in [1.807, 2.05) is 72.3 Å². The topological polar surface area (TPSA) is 88.4 Å². The van der Waals surface area contributed by atoms with Crippen molar-refractivity contribution in [3.05, 3.63) is 72.8 Å². The molecule has 1 amide bonds. The van der Waals surface area contributed by atoms with E-state index in [-0.39, 0.29) is 29.6 Å². The van der Waals surface area contributed by atoms with Crippen molar-refractivity contribution in [2.75, 3.05) is 31.9 Å². The third-order valence-corrected chi connectivity index (χ3v) is 9.04. The van der Waals surface area contributed by atoms with Crippen LogP contribution in [0.1, 0.15) is 0 Å². The molecule has 1 fully saturated rings. The van der Waals surface area contributed by atoms with Crippen molar-refractivity contribution >= 4 is 38.5 Å². The van der Waals surface area contributed by atoms with Crippen molar-refractivity contribution in [1.29, 1.82) is 0 Å². The van der Waals surface area contributed by atoms with Crippen LogP contribution < -0.4 is 0 Å². The number of piperazine rings is 1. The van der Waals surface area contributed by atoms with Crippen molar-refractivity contribution in [1.82, 2.24) is 24.0 Å². The normalized spacial score (nSPS) is 14.9. The van der Waals surface area contributed by atoms with Crippen molar-refractivity contribution in [2.24, 2.45) is 7.05 Å². The Hall–Kier alpha value is -3.21. The number of carbonyl (C=O) groups excluding carboxylic acids is 1. The zero-order valence-electron chi connectivity index (χ0n) is 19.2. The average molecular weight is 508 g/mol. The van der Waals surface area contributed by atoms with Crippen LogP contribution in [0.25, 0.3) is 22.2 Å². The number of carbonyl (C=O) groups is 1. The Labute approximate surface area is 208 Å². The molecule has 5 rings (SSSR count). The van der Waals surface area contributed by atoms with E-state index in [1.54, 1.807) is 17.0 Å². The van der Waals surface area contributed by atoms with Gasteiger partial charge in [-0.2, -0.15) is 4.31 Å². The lowest BCUT2D eigenvalue weighted by atomic mass is 10.1. The standard InChI is InChI=1S/C25H25N5O3S2/c1-28-24(20-8-3-2-4-9-20)26-27-25(28)34-18-23(31)29-13-15-30(16-14-29)35(32,33)22-12-11-19-7-5-6-10-21(19)17-22/h2-12,17H,13-16,18H2,1H3. The Morgan fingerprint density at radius 1 is 0.886 bits per heavy atom. The smallest absolute Gasteiger partial charge is 0.243 e. The van der Waals surface area contributed by atoms with E-state index in [2.05, 4.69) is 10.2 Å². The average Bonchev–Trinajstić information content (AvgIpc) is 3.27. The summed E-state index contributed by atoms with van der Waals surface area (Å²) >= 11 is 1.33. The van der Waals surface area contributed by atoms with Crippen LogP contribution in [0.5, 0.6) is 0 Å². The zero-order valence-corrected chi connectivity index (χ0v) is 20.9. The summed E-state index contributed by atoms with van der Waals surface area (Å²) in [5.74, 6) is 0.924. The second-order valence-corrected chi connectivity index (χ2v) is 11.2. The van der Waals surface area contributed by atoms with Crippen molar-refractivity contribution in [3.63, 3.8) is 0 Å². The second kappa shape index (κ2) is 9.80. The van der Waals surface area contributed by atoms with E-state index < -0.39 is 10.0 Å². The number of thioether (sulfide) groups is 1. The van der Waals surface area contributed by atoms with Crippen molar-refractivity contribution < 1.29 is 13.2 Å². The second-order valence-electron chi connectivity index (χ2n) is 8.31. The molecular weight excluding hydrogens is 482 g/mol. The minimum atomic E-state index is -3.62. The van der Waals surface area contributed by atoms with E-state index in [4.69, 9.17) is 0 Å². The number of hydrogen-bond donors (Lipinski definition) is 0. The molecule has 0 spiro atoms. The lowest BCUT2D eigenvalue weighted by Crippen LogP contribution is -2.50. The highest BCUT2D eigenvalue weighted by molar-refractivity contribution is 7.99. The highest BCUT2D eigenvalue weighted by Gasteiger charge is 2.30. The van der Waals surface area contributed by atoms with Crippen LogP contribution in [0.4, 0.5) is 0 Å². The predicted molar refractivity (Wildman–Crippen MR) is 136 cm³/mol. The number of aromatic nitrogens is 3. The molecular formula is C25H25N5O3S2. The van der Waals surface area contributed by atoms with Gasteiger partial charge in [-0.3, -0.25) is 4.79 Å². The van der Waals surface area contributed by atoms with Crippen LogP contribution in [-0.4, -0.2) is 70.2 Å². The molecule has 35 heavy (non-hydrogen) atoms. The third kappa shape index (κ3) is 4.82. The van der Waals surface area contributed by atoms with Crippen LogP contribution in [0.3, 0.4) is 0 Å². The first-order chi connectivity index (χ1) is 16.9. The Balaban J connectivity index is 1.19. The van der Waals surface area contributed by atoms with Crippen LogP contribution in [-0.2, 0) is 21.9 Å². The monoisotopic (exact) mass is 507 g/mol. The van der Waals surface area contributed by atoms with Crippen LogP contribution in [0, 0.1) is 0 Å². The summed E-state index contributed by atoms with van der Waals surface area (Å²) in [7, 11) is -1.74. The number of benzene rings is 3. The summed E-state index contributed by atoms with van der Waals surface area (Å²) in [6.45, 7) is 1.27. The fourth-order valence-corrected chi connectivity index (χ4v) is 6.42. The molecule has 0 radical (unpaired) electrons. The molecule has 8 nitrogen and oxygen atoms in total. The van der Waals surface area contributed by atoms with Gasteiger partial charge in [-0.05, 0) is 22.9 Å². The third-order valence-electron chi connectivity index (χ3n) is 6.14. The number of sulfonamides is 1. The number of nitrogens with zero attached hydrogens (tertiary/aromatic N) is 5. The fraction of sp³-hybridized carbons (Fsp3) is 0.240. The summed E-state index contributed by atoms with van der Waals surface area (Å²) < 4.78 is 29.7. The van der Waals surface area contributed by atoms with Gasteiger partial charge in [-0.1, -0.05) is 72.4 Å². The Bertz CT molecular complexity index is 1460. The molecule has 1 saturated heterocycles. The summed E-state index contributed by atoms with van der Waals surface area (Å²) in [6.07, 6.45) is 0. The van der Waals surface area contributed by atoms with Crippen molar-refractivity contribution in [2.45, 2.75) is 10.1 Å². The number of amides is 1. The lowest BCUT2D eigenvalue weighted by Gasteiger charge is -2.34. The van der Waals surface area contributed by atoms with E-state index in [0.717, 1.165) is 22.2 Å². The van der Waals surface area contributed by atoms with Gasteiger partial charge in [0, 0.05) is 38.8 Å². The molecule has 10 heteroatoms. The number of fused-ring (bicyclic) bond motifs is 1. The molecule has 0 aliphatic carbocycles. The molecule has 0 atom stereocenters. The molecule has 4 aromatic rings. The van der Waals surface area contributed by atoms with Gasteiger partial charge in [0.05, 0.1) is 10.6 Å². The number of rotatable bonds is 6.